The number of rotatable bonds is 0. The van der Waals surface area contributed by atoms with Crippen LogP contribution in [0.25, 0.3) is 0 Å². The van der Waals surface area contributed by atoms with E-state index in [0.29, 0.717) is 23.9 Å². The molecule has 2 rings (SSSR count). The molecule has 20 heavy (non-hydrogen) atoms. The number of nitrogens with two attached hydrogens (primary N) is 2. The Hall–Kier alpha value is -0.520. The van der Waals surface area contributed by atoms with Crippen molar-refractivity contribution in [2.75, 3.05) is 0 Å². The first kappa shape index (κ1) is 21.8. The molecule has 2 fully saturated rings. The van der Waals surface area contributed by atoms with Crippen LogP contribution in [0.2, 0.25) is 0 Å². The fraction of sp³-hybridized carbons (Fsp3) is 0.857. The summed E-state index contributed by atoms with van der Waals surface area (Å²) in [6.45, 7) is 0. The number of hydrogen-bond acceptors (Lipinski definition) is 4. The van der Waals surface area contributed by atoms with E-state index in [1.54, 1.807) is 0 Å². The van der Waals surface area contributed by atoms with Gasteiger partial charge in [-0.25, -0.2) is 0 Å². The van der Waals surface area contributed by atoms with Gasteiger partial charge in [-0.1, -0.05) is 0 Å². The molecule has 0 bridgehead atoms. The molecule has 0 aromatic carbocycles. The zero-order valence-electron chi connectivity index (χ0n) is 11.8. The van der Waals surface area contributed by atoms with Gasteiger partial charge in [-0.05, 0) is 51.4 Å². The summed E-state index contributed by atoms with van der Waals surface area (Å²) >= 11 is 0. The summed E-state index contributed by atoms with van der Waals surface area (Å²) in [6, 6.07) is 5.28. The van der Waals surface area contributed by atoms with E-state index in [2.05, 4.69) is 12.1 Å². The molecular formula is C14H26Cl2N4. The largest absolute Gasteiger partial charge is 0.328 e. The van der Waals surface area contributed by atoms with Crippen molar-refractivity contribution in [3.05, 3.63) is 0 Å². The molecule has 6 heteroatoms. The van der Waals surface area contributed by atoms with Crippen LogP contribution in [-0.2, 0) is 0 Å². The van der Waals surface area contributed by atoms with Crippen LogP contribution < -0.4 is 11.5 Å². The molecule has 0 saturated heterocycles. The highest BCUT2D eigenvalue weighted by molar-refractivity contribution is 5.85. The second-order valence-electron chi connectivity index (χ2n) is 5.48. The molecule has 0 aromatic heterocycles. The molecule has 2 saturated carbocycles. The van der Waals surface area contributed by atoms with Gasteiger partial charge >= 0.3 is 0 Å². The van der Waals surface area contributed by atoms with Crippen LogP contribution in [0.4, 0.5) is 0 Å². The summed E-state index contributed by atoms with van der Waals surface area (Å²) < 4.78 is 0. The Morgan fingerprint density at radius 1 is 0.600 bits per heavy atom. The average Bonchev–Trinajstić information content (AvgIpc) is 2.41. The Balaban J connectivity index is 0. The Bertz CT molecular complexity index is 276. The van der Waals surface area contributed by atoms with Crippen molar-refractivity contribution in [2.45, 2.75) is 63.5 Å². The van der Waals surface area contributed by atoms with Crippen LogP contribution in [0.5, 0.6) is 0 Å². The maximum absolute atomic E-state index is 8.49. The first-order valence-corrected chi connectivity index (χ1v) is 6.96. The zero-order valence-corrected chi connectivity index (χ0v) is 13.5. The Morgan fingerprint density at radius 3 is 1.05 bits per heavy atom. The van der Waals surface area contributed by atoms with Crippen molar-refractivity contribution in [3.63, 3.8) is 0 Å². The predicted molar refractivity (Wildman–Crippen MR) is 85.6 cm³/mol. The van der Waals surface area contributed by atoms with E-state index in [4.69, 9.17) is 22.0 Å². The summed E-state index contributed by atoms with van der Waals surface area (Å²) in [5.41, 5.74) is 11.3. The van der Waals surface area contributed by atoms with Crippen molar-refractivity contribution in [3.8, 4) is 12.1 Å². The minimum atomic E-state index is 0. The molecule has 2 aliphatic rings. The van der Waals surface area contributed by atoms with Gasteiger partial charge in [0.1, 0.15) is 0 Å². The van der Waals surface area contributed by atoms with Gasteiger partial charge in [-0.2, -0.15) is 10.5 Å². The maximum atomic E-state index is 8.49. The smallest absolute Gasteiger partial charge is 0.0655 e. The monoisotopic (exact) mass is 320 g/mol. The van der Waals surface area contributed by atoms with Gasteiger partial charge in [0.25, 0.3) is 0 Å². The molecule has 0 unspecified atom stereocenters. The molecular weight excluding hydrogens is 295 g/mol. The second kappa shape index (κ2) is 12.2. The van der Waals surface area contributed by atoms with Crippen LogP contribution in [0.1, 0.15) is 51.4 Å². The highest BCUT2D eigenvalue weighted by Gasteiger charge is 2.17. The second-order valence-corrected chi connectivity index (χ2v) is 5.48. The first-order chi connectivity index (χ1) is 8.65. The Labute approximate surface area is 134 Å². The van der Waals surface area contributed by atoms with Crippen LogP contribution in [0.3, 0.4) is 0 Å². The molecule has 0 amide bonds. The summed E-state index contributed by atoms with van der Waals surface area (Å²) in [4.78, 5) is 0. The third-order valence-electron chi connectivity index (χ3n) is 3.91. The molecule has 0 aliphatic heterocycles. The minimum Gasteiger partial charge on any atom is -0.328 e. The number of halogens is 2. The molecule has 0 spiro atoms. The van der Waals surface area contributed by atoms with E-state index in [9.17, 15) is 0 Å². The SMILES string of the molecule is Cl.Cl.N#CC1CCC(N)CC1.N#CC1CCC(N)CC1. The summed E-state index contributed by atoms with van der Waals surface area (Å²) in [5.74, 6) is 0.592. The van der Waals surface area contributed by atoms with Crippen LogP contribution >= 0.6 is 24.8 Å². The van der Waals surface area contributed by atoms with Crippen molar-refractivity contribution >= 4 is 24.8 Å². The third kappa shape index (κ3) is 8.61. The minimum absolute atomic E-state index is 0. The van der Waals surface area contributed by atoms with E-state index < -0.39 is 0 Å². The van der Waals surface area contributed by atoms with E-state index in [1.807, 2.05) is 0 Å². The number of hydrogen-bond donors (Lipinski definition) is 2. The lowest BCUT2D eigenvalue weighted by Crippen LogP contribution is -2.25. The van der Waals surface area contributed by atoms with Gasteiger partial charge in [0.05, 0.1) is 12.1 Å². The van der Waals surface area contributed by atoms with Crippen LogP contribution in [0.15, 0.2) is 0 Å². The molecule has 0 radical (unpaired) electrons. The predicted octanol–water partition coefficient (Wildman–Crippen LogP) is 2.90. The normalized spacial score (nSPS) is 32.0. The van der Waals surface area contributed by atoms with Gasteiger partial charge < -0.3 is 11.5 Å². The van der Waals surface area contributed by atoms with Crippen molar-refractivity contribution in [1.29, 1.82) is 10.5 Å². The van der Waals surface area contributed by atoms with Gasteiger partial charge in [-0.15, -0.1) is 24.8 Å². The average molecular weight is 321 g/mol. The highest BCUT2D eigenvalue weighted by Crippen LogP contribution is 2.22. The molecule has 0 heterocycles. The van der Waals surface area contributed by atoms with Gasteiger partial charge in [-0.3, -0.25) is 0 Å². The van der Waals surface area contributed by atoms with Gasteiger partial charge in [0, 0.05) is 23.9 Å². The fourth-order valence-electron chi connectivity index (χ4n) is 2.50. The lowest BCUT2D eigenvalue weighted by Gasteiger charge is -2.20. The molecule has 4 N–H and O–H groups in total. The van der Waals surface area contributed by atoms with E-state index in [1.165, 1.54) is 0 Å². The standard InChI is InChI=1S/2C7H12N2.2ClH/c2*8-5-6-1-3-7(9)4-2-6;;/h2*6-7H,1-4,9H2;2*1H. The zero-order chi connectivity index (χ0) is 13.4. The summed E-state index contributed by atoms with van der Waals surface area (Å²) in [5, 5.41) is 17.0. The highest BCUT2D eigenvalue weighted by atomic mass is 35.5. The number of nitrogens with zero attached hydrogens (tertiary/aromatic N) is 2. The topological polar surface area (TPSA) is 99.6 Å². The molecule has 116 valence electrons. The summed E-state index contributed by atoms with van der Waals surface area (Å²) in [7, 11) is 0. The molecule has 4 nitrogen and oxygen atoms in total. The van der Waals surface area contributed by atoms with Crippen molar-refractivity contribution in [1.82, 2.24) is 0 Å². The van der Waals surface area contributed by atoms with E-state index >= 15 is 0 Å². The fourth-order valence-corrected chi connectivity index (χ4v) is 2.50. The van der Waals surface area contributed by atoms with E-state index in [0.717, 1.165) is 51.4 Å². The molecule has 2 aliphatic carbocycles. The van der Waals surface area contributed by atoms with Crippen LogP contribution in [0, 0.1) is 34.5 Å². The molecule has 0 aromatic rings. The maximum Gasteiger partial charge on any atom is 0.0655 e. The Kier molecular flexibility index (Phi) is 13.3. The molecule has 0 atom stereocenters. The lowest BCUT2D eigenvalue weighted by atomic mass is 9.88. The summed E-state index contributed by atoms with van der Waals surface area (Å²) in [6.07, 6.45) is 8.21. The Morgan fingerprint density at radius 2 is 0.850 bits per heavy atom. The third-order valence-corrected chi connectivity index (χ3v) is 3.91. The van der Waals surface area contributed by atoms with E-state index in [-0.39, 0.29) is 24.8 Å². The van der Waals surface area contributed by atoms with Gasteiger partial charge in [0.15, 0.2) is 0 Å². The van der Waals surface area contributed by atoms with Crippen LogP contribution in [-0.4, -0.2) is 12.1 Å². The quantitative estimate of drug-likeness (QED) is 0.716. The lowest BCUT2D eigenvalue weighted by molar-refractivity contribution is 0.381. The first-order valence-electron chi connectivity index (χ1n) is 6.96. The van der Waals surface area contributed by atoms with Crippen molar-refractivity contribution in [2.24, 2.45) is 23.3 Å². The number of nitriles is 2. The van der Waals surface area contributed by atoms with Gasteiger partial charge in [0.2, 0.25) is 0 Å². The van der Waals surface area contributed by atoms with Crippen molar-refractivity contribution < 1.29 is 0 Å².